The Hall–Kier alpha value is -0.610. The largest absolute Gasteiger partial charge is 0.480 e. The van der Waals surface area contributed by atoms with Gasteiger partial charge in [-0.1, -0.05) is 39.0 Å². The van der Waals surface area contributed by atoms with Gasteiger partial charge in [0.2, 0.25) is 0 Å². The van der Waals surface area contributed by atoms with E-state index in [2.05, 4.69) is 6.92 Å². The fourth-order valence-electron chi connectivity index (χ4n) is 1.80. The Morgan fingerprint density at radius 1 is 1.12 bits per heavy atom. The van der Waals surface area contributed by atoms with Crippen molar-refractivity contribution < 1.29 is 14.6 Å². The molecular weight excluding hydrogens is 218 g/mol. The number of carbonyl (C=O) groups is 1. The molecule has 0 rings (SSSR count). The van der Waals surface area contributed by atoms with E-state index in [9.17, 15) is 4.79 Å². The van der Waals surface area contributed by atoms with Gasteiger partial charge in [0.15, 0.2) is 0 Å². The Labute approximate surface area is 105 Å². The number of rotatable bonds is 12. The Bertz CT molecular complexity index is 186. The number of nitrogens with zero attached hydrogens (tertiary/aromatic N) is 1. The van der Waals surface area contributed by atoms with E-state index in [4.69, 9.17) is 9.84 Å². The van der Waals surface area contributed by atoms with Crippen LogP contribution in [0.25, 0.3) is 0 Å². The molecule has 0 fully saturated rings. The van der Waals surface area contributed by atoms with Crippen LogP contribution < -0.4 is 0 Å². The molecule has 17 heavy (non-hydrogen) atoms. The average molecular weight is 245 g/mol. The molecule has 0 radical (unpaired) electrons. The summed E-state index contributed by atoms with van der Waals surface area (Å²) in [5, 5.41) is 8.77. The second-order valence-electron chi connectivity index (χ2n) is 4.43. The molecule has 0 bridgehead atoms. The highest BCUT2D eigenvalue weighted by atomic mass is 16.5. The Kier molecular flexibility index (Phi) is 11.4. The van der Waals surface area contributed by atoms with Crippen LogP contribution in [0.5, 0.6) is 0 Å². The third-order valence-corrected chi connectivity index (χ3v) is 2.80. The lowest BCUT2D eigenvalue weighted by Crippen LogP contribution is -2.33. The summed E-state index contributed by atoms with van der Waals surface area (Å²) >= 11 is 0. The van der Waals surface area contributed by atoms with Crippen LogP contribution >= 0.6 is 0 Å². The van der Waals surface area contributed by atoms with Crippen molar-refractivity contribution in [3.63, 3.8) is 0 Å². The molecule has 0 aliphatic heterocycles. The molecule has 0 unspecified atom stereocenters. The highest BCUT2D eigenvalue weighted by Crippen LogP contribution is 2.05. The lowest BCUT2D eigenvalue weighted by atomic mass is 10.1. The van der Waals surface area contributed by atoms with Gasteiger partial charge in [-0.2, -0.15) is 0 Å². The molecule has 0 heterocycles. The van der Waals surface area contributed by atoms with E-state index in [1.807, 2.05) is 4.90 Å². The van der Waals surface area contributed by atoms with Crippen LogP contribution in [0.1, 0.15) is 45.4 Å². The highest BCUT2D eigenvalue weighted by Gasteiger charge is 2.08. The van der Waals surface area contributed by atoms with Crippen molar-refractivity contribution in [2.45, 2.75) is 45.4 Å². The standard InChI is InChI=1S/C13H27NO3/c1-3-4-5-6-7-8-9-14(10-11-17-2)12-13(15)16/h3-12H2,1-2H3,(H,15,16). The fourth-order valence-corrected chi connectivity index (χ4v) is 1.80. The van der Waals surface area contributed by atoms with Crippen molar-refractivity contribution in [2.75, 3.05) is 33.4 Å². The molecule has 102 valence electrons. The monoisotopic (exact) mass is 245 g/mol. The van der Waals surface area contributed by atoms with Crippen LogP contribution in [-0.2, 0) is 9.53 Å². The minimum Gasteiger partial charge on any atom is -0.480 e. The van der Waals surface area contributed by atoms with Gasteiger partial charge in [-0.15, -0.1) is 0 Å². The number of unbranched alkanes of at least 4 members (excludes halogenated alkanes) is 5. The average Bonchev–Trinajstić information content (AvgIpc) is 2.29. The third kappa shape index (κ3) is 11.6. The van der Waals surface area contributed by atoms with Crippen LogP contribution in [0, 0.1) is 0 Å². The van der Waals surface area contributed by atoms with E-state index in [1.54, 1.807) is 7.11 Å². The van der Waals surface area contributed by atoms with Crippen molar-refractivity contribution in [2.24, 2.45) is 0 Å². The van der Waals surface area contributed by atoms with Crippen LogP contribution in [-0.4, -0.2) is 49.3 Å². The van der Waals surface area contributed by atoms with Crippen molar-refractivity contribution >= 4 is 5.97 Å². The van der Waals surface area contributed by atoms with E-state index < -0.39 is 5.97 Å². The number of carboxylic acids is 1. The first-order chi connectivity index (χ1) is 8.20. The minimum absolute atomic E-state index is 0.123. The number of hydrogen-bond acceptors (Lipinski definition) is 3. The molecule has 0 aromatic heterocycles. The predicted molar refractivity (Wildman–Crippen MR) is 69.3 cm³/mol. The number of carboxylic acid groups (broad SMARTS) is 1. The zero-order chi connectivity index (χ0) is 12.9. The molecule has 0 amide bonds. The molecule has 0 atom stereocenters. The van der Waals surface area contributed by atoms with Crippen LogP contribution in [0.4, 0.5) is 0 Å². The zero-order valence-electron chi connectivity index (χ0n) is 11.3. The van der Waals surface area contributed by atoms with Crippen molar-refractivity contribution in [1.82, 2.24) is 4.90 Å². The van der Waals surface area contributed by atoms with Gasteiger partial charge in [0, 0.05) is 13.7 Å². The van der Waals surface area contributed by atoms with Crippen LogP contribution in [0.15, 0.2) is 0 Å². The van der Waals surface area contributed by atoms with Gasteiger partial charge in [-0.25, -0.2) is 0 Å². The van der Waals surface area contributed by atoms with Gasteiger partial charge in [0.1, 0.15) is 0 Å². The maximum atomic E-state index is 10.7. The predicted octanol–water partition coefficient (Wildman–Crippen LogP) is 2.38. The van der Waals surface area contributed by atoms with Gasteiger partial charge in [0.05, 0.1) is 13.2 Å². The summed E-state index contributed by atoms with van der Waals surface area (Å²) in [6.07, 6.45) is 7.41. The van der Waals surface area contributed by atoms with E-state index in [0.29, 0.717) is 13.2 Å². The maximum Gasteiger partial charge on any atom is 0.317 e. The molecule has 0 spiro atoms. The molecule has 0 saturated carbocycles. The fraction of sp³-hybridized carbons (Fsp3) is 0.923. The van der Waals surface area contributed by atoms with Crippen LogP contribution in [0.2, 0.25) is 0 Å². The first kappa shape index (κ1) is 16.4. The number of ether oxygens (including phenoxy) is 1. The van der Waals surface area contributed by atoms with Gasteiger partial charge in [-0.05, 0) is 13.0 Å². The quantitative estimate of drug-likeness (QED) is 0.536. The first-order valence-corrected chi connectivity index (χ1v) is 6.63. The SMILES string of the molecule is CCCCCCCCN(CCOC)CC(=O)O. The summed E-state index contributed by atoms with van der Waals surface area (Å²) in [5.74, 6) is -0.757. The smallest absolute Gasteiger partial charge is 0.317 e. The summed E-state index contributed by atoms with van der Waals surface area (Å²) in [6, 6.07) is 0. The van der Waals surface area contributed by atoms with Crippen LogP contribution in [0.3, 0.4) is 0 Å². The molecule has 0 saturated heterocycles. The zero-order valence-corrected chi connectivity index (χ0v) is 11.3. The molecule has 0 aromatic rings. The number of methoxy groups -OCH3 is 1. The van der Waals surface area contributed by atoms with E-state index in [0.717, 1.165) is 13.0 Å². The number of aliphatic carboxylic acids is 1. The molecular formula is C13H27NO3. The lowest BCUT2D eigenvalue weighted by Gasteiger charge is -2.19. The van der Waals surface area contributed by atoms with Crippen molar-refractivity contribution in [3.05, 3.63) is 0 Å². The summed E-state index contributed by atoms with van der Waals surface area (Å²) in [7, 11) is 1.64. The third-order valence-electron chi connectivity index (χ3n) is 2.80. The van der Waals surface area contributed by atoms with Crippen molar-refractivity contribution in [3.8, 4) is 0 Å². The minimum atomic E-state index is -0.757. The molecule has 4 nitrogen and oxygen atoms in total. The molecule has 0 aromatic carbocycles. The van der Waals surface area contributed by atoms with Gasteiger partial charge < -0.3 is 9.84 Å². The van der Waals surface area contributed by atoms with Gasteiger partial charge in [-0.3, -0.25) is 9.69 Å². The maximum absolute atomic E-state index is 10.7. The molecule has 1 N–H and O–H groups in total. The number of hydrogen-bond donors (Lipinski definition) is 1. The summed E-state index contributed by atoms with van der Waals surface area (Å²) < 4.78 is 4.98. The summed E-state index contributed by atoms with van der Waals surface area (Å²) in [4.78, 5) is 12.6. The Balaban J connectivity index is 3.56. The Morgan fingerprint density at radius 3 is 2.35 bits per heavy atom. The van der Waals surface area contributed by atoms with Crippen molar-refractivity contribution in [1.29, 1.82) is 0 Å². The highest BCUT2D eigenvalue weighted by molar-refractivity contribution is 5.69. The normalized spacial score (nSPS) is 11.0. The van der Waals surface area contributed by atoms with E-state index >= 15 is 0 Å². The first-order valence-electron chi connectivity index (χ1n) is 6.63. The van der Waals surface area contributed by atoms with E-state index in [1.165, 1.54) is 32.1 Å². The molecule has 0 aliphatic rings. The summed E-state index contributed by atoms with van der Waals surface area (Å²) in [5.41, 5.74) is 0. The summed E-state index contributed by atoms with van der Waals surface area (Å²) in [6.45, 7) is 4.50. The van der Waals surface area contributed by atoms with Gasteiger partial charge in [0.25, 0.3) is 0 Å². The lowest BCUT2D eigenvalue weighted by molar-refractivity contribution is -0.138. The second kappa shape index (κ2) is 11.9. The molecule has 4 heteroatoms. The molecule has 0 aliphatic carbocycles. The second-order valence-corrected chi connectivity index (χ2v) is 4.43. The topological polar surface area (TPSA) is 49.8 Å². The van der Waals surface area contributed by atoms with Gasteiger partial charge >= 0.3 is 5.97 Å². The van der Waals surface area contributed by atoms with E-state index in [-0.39, 0.29) is 6.54 Å². The Morgan fingerprint density at radius 2 is 1.76 bits per heavy atom.